The molecule has 0 saturated heterocycles. The fourth-order valence-electron chi connectivity index (χ4n) is 2.68. The lowest BCUT2D eigenvalue weighted by molar-refractivity contribution is -0.116. The van der Waals surface area contributed by atoms with Gasteiger partial charge in [-0.2, -0.15) is 5.10 Å². The average Bonchev–Trinajstić information content (AvgIpc) is 2.70. The van der Waals surface area contributed by atoms with Crippen LogP contribution >= 0.6 is 0 Å². The molecular formula is C21H20N4O3. The molecule has 1 N–H and O–H groups in total. The van der Waals surface area contributed by atoms with Gasteiger partial charge in [-0.3, -0.25) is 19.4 Å². The third kappa shape index (κ3) is 4.97. The minimum absolute atomic E-state index is 0.0238. The van der Waals surface area contributed by atoms with Gasteiger partial charge in [0.05, 0.1) is 5.69 Å². The first-order valence-corrected chi connectivity index (χ1v) is 8.92. The molecule has 3 aromatic rings. The number of carbonyl (C=O) groups excluding carboxylic acids is 2. The van der Waals surface area contributed by atoms with E-state index >= 15 is 0 Å². The van der Waals surface area contributed by atoms with E-state index in [4.69, 9.17) is 0 Å². The summed E-state index contributed by atoms with van der Waals surface area (Å²) < 4.78 is 1.36. The molecule has 142 valence electrons. The molecule has 0 fully saturated rings. The topological polar surface area (TPSA) is 93.9 Å². The van der Waals surface area contributed by atoms with Crippen LogP contribution in [0.3, 0.4) is 0 Å². The zero-order valence-electron chi connectivity index (χ0n) is 15.5. The number of pyridine rings is 1. The molecule has 0 saturated carbocycles. The third-order valence-electron chi connectivity index (χ3n) is 4.17. The standard InChI is InChI=1S/C21H20N4O3/c1-15(26)16-6-8-18(9-7-16)23-20(27)5-3-13-25-21(28)11-10-19(24-25)17-4-2-12-22-14-17/h2,4,6-12,14H,3,5,13H2,1H3,(H,23,27). The highest BCUT2D eigenvalue weighted by atomic mass is 16.2. The van der Waals surface area contributed by atoms with E-state index in [-0.39, 0.29) is 23.7 Å². The Hall–Kier alpha value is -3.61. The summed E-state index contributed by atoms with van der Waals surface area (Å²) in [4.78, 5) is 39.4. The first-order chi connectivity index (χ1) is 13.5. The Morgan fingerprint density at radius 1 is 1.07 bits per heavy atom. The second kappa shape index (κ2) is 8.85. The fourth-order valence-corrected chi connectivity index (χ4v) is 2.68. The van der Waals surface area contributed by atoms with Crippen LogP contribution in [-0.2, 0) is 11.3 Å². The van der Waals surface area contributed by atoms with Crippen LogP contribution < -0.4 is 10.9 Å². The highest BCUT2D eigenvalue weighted by molar-refractivity contribution is 5.95. The number of nitrogens with one attached hydrogen (secondary N) is 1. The number of Topliss-reactive ketones (excluding diaryl/α,β-unsaturated/α-hetero) is 1. The SMILES string of the molecule is CC(=O)c1ccc(NC(=O)CCCn2nc(-c3cccnc3)ccc2=O)cc1. The van der Waals surface area contributed by atoms with Crippen LogP contribution in [0, 0.1) is 0 Å². The van der Waals surface area contributed by atoms with Gasteiger partial charge < -0.3 is 5.32 Å². The van der Waals surface area contributed by atoms with Crippen molar-refractivity contribution in [2.75, 3.05) is 5.32 Å². The lowest BCUT2D eigenvalue weighted by atomic mass is 10.1. The summed E-state index contributed by atoms with van der Waals surface area (Å²) >= 11 is 0. The number of hydrogen-bond acceptors (Lipinski definition) is 5. The summed E-state index contributed by atoms with van der Waals surface area (Å²) in [5, 5.41) is 7.13. The Morgan fingerprint density at radius 2 is 1.86 bits per heavy atom. The van der Waals surface area contributed by atoms with Gasteiger partial charge in [0.2, 0.25) is 5.91 Å². The molecule has 0 aliphatic heterocycles. The number of rotatable bonds is 7. The van der Waals surface area contributed by atoms with Gasteiger partial charge in [0.25, 0.3) is 5.56 Å². The van der Waals surface area contributed by atoms with E-state index in [9.17, 15) is 14.4 Å². The fraction of sp³-hybridized carbons (Fsp3) is 0.190. The zero-order valence-corrected chi connectivity index (χ0v) is 15.5. The van der Waals surface area contributed by atoms with Crippen LogP contribution in [0.5, 0.6) is 0 Å². The molecular weight excluding hydrogens is 356 g/mol. The summed E-state index contributed by atoms with van der Waals surface area (Å²) in [6.45, 7) is 1.83. The first-order valence-electron chi connectivity index (χ1n) is 8.92. The maximum absolute atomic E-state index is 12.1. The maximum Gasteiger partial charge on any atom is 0.266 e. The second-order valence-electron chi connectivity index (χ2n) is 6.31. The molecule has 0 radical (unpaired) electrons. The molecule has 3 rings (SSSR count). The minimum Gasteiger partial charge on any atom is -0.326 e. The molecule has 0 aliphatic carbocycles. The number of carbonyl (C=O) groups is 2. The summed E-state index contributed by atoms with van der Waals surface area (Å²) in [7, 11) is 0. The van der Waals surface area contributed by atoms with Crippen molar-refractivity contribution in [1.29, 1.82) is 0 Å². The van der Waals surface area contributed by atoms with Crippen molar-refractivity contribution in [2.45, 2.75) is 26.3 Å². The van der Waals surface area contributed by atoms with E-state index in [2.05, 4.69) is 15.4 Å². The summed E-state index contributed by atoms with van der Waals surface area (Å²) in [5.41, 5.74) is 2.49. The van der Waals surface area contributed by atoms with Crippen molar-refractivity contribution in [3.8, 4) is 11.3 Å². The number of aromatic nitrogens is 3. The largest absolute Gasteiger partial charge is 0.326 e. The number of anilines is 1. The highest BCUT2D eigenvalue weighted by Gasteiger charge is 2.07. The van der Waals surface area contributed by atoms with Crippen LogP contribution in [0.25, 0.3) is 11.3 Å². The molecule has 0 bridgehead atoms. The molecule has 0 atom stereocenters. The van der Waals surface area contributed by atoms with E-state index in [1.807, 2.05) is 6.07 Å². The molecule has 28 heavy (non-hydrogen) atoms. The van der Waals surface area contributed by atoms with Crippen LogP contribution in [0.2, 0.25) is 0 Å². The molecule has 2 heterocycles. The van der Waals surface area contributed by atoms with E-state index in [0.29, 0.717) is 29.9 Å². The highest BCUT2D eigenvalue weighted by Crippen LogP contribution is 2.13. The van der Waals surface area contributed by atoms with E-state index in [0.717, 1.165) is 5.56 Å². The van der Waals surface area contributed by atoms with Gasteiger partial charge in [0.1, 0.15) is 0 Å². The first kappa shape index (κ1) is 19.2. The quantitative estimate of drug-likeness (QED) is 0.640. The van der Waals surface area contributed by atoms with Gasteiger partial charge in [0, 0.05) is 48.2 Å². The lowest BCUT2D eigenvalue weighted by Crippen LogP contribution is -2.23. The number of aryl methyl sites for hydroxylation is 1. The number of hydrogen-bond donors (Lipinski definition) is 1. The van der Waals surface area contributed by atoms with E-state index in [1.165, 1.54) is 17.7 Å². The maximum atomic E-state index is 12.1. The predicted octanol–water partition coefficient (Wildman–Crippen LogP) is 2.93. The van der Waals surface area contributed by atoms with Gasteiger partial charge in [-0.15, -0.1) is 0 Å². The Morgan fingerprint density at radius 3 is 2.54 bits per heavy atom. The van der Waals surface area contributed by atoms with Gasteiger partial charge in [0.15, 0.2) is 5.78 Å². The Labute approximate surface area is 162 Å². The van der Waals surface area contributed by atoms with Crippen molar-refractivity contribution < 1.29 is 9.59 Å². The van der Waals surface area contributed by atoms with Crippen LogP contribution in [0.15, 0.2) is 65.7 Å². The number of benzene rings is 1. The van der Waals surface area contributed by atoms with E-state index < -0.39 is 0 Å². The summed E-state index contributed by atoms with van der Waals surface area (Å²) in [5.74, 6) is -0.184. The van der Waals surface area contributed by atoms with Gasteiger partial charge in [-0.1, -0.05) is 0 Å². The molecule has 7 nitrogen and oxygen atoms in total. The Balaban J connectivity index is 1.56. The summed E-state index contributed by atoms with van der Waals surface area (Å²) in [6, 6.07) is 13.5. The van der Waals surface area contributed by atoms with Crippen LogP contribution in [0.1, 0.15) is 30.1 Å². The minimum atomic E-state index is -0.215. The van der Waals surface area contributed by atoms with Crippen molar-refractivity contribution in [3.05, 3.63) is 76.8 Å². The predicted molar refractivity (Wildman–Crippen MR) is 106 cm³/mol. The van der Waals surface area contributed by atoms with Crippen LogP contribution in [-0.4, -0.2) is 26.5 Å². The van der Waals surface area contributed by atoms with Crippen molar-refractivity contribution in [1.82, 2.24) is 14.8 Å². The van der Waals surface area contributed by atoms with Crippen molar-refractivity contribution >= 4 is 17.4 Å². The average molecular weight is 376 g/mol. The molecule has 0 unspecified atom stereocenters. The Bertz CT molecular complexity index is 1030. The molecule has 7 heteroatoms. The zero-order chi connectivity index (χ0) is 19.9. The smallest absolute Gasteiger partial charge is 0.266 e. The second-order valence-corrected chi connectivity index (χ2v) is 6.31. The van der Waals surface area contributed by atoms with Crippen molar-refractivity contribution in [3.63, 3.8) is 0 Å². The lowest BCUT2D eigenvalue weighted by Gasteiger charge is -2.08. The normalized spacial score (nSPS) is 10.5. The molecule has 2 aromatic heterocycles. The van der Waals surface area contributed by atoms with Crippen molar-refractivity contribution in [2.24, 2.45) is 0 Å². The molecule has 1 amide bonds. The van der Waals surface area contributed by atoms with E-state index in [1.54, 1.807) is 48.8 Å². The van der Waals surface area contributed by atoms with Gasteiger partial charge in [-0.05, 0) is 55.8 Å². The molecule has 1 aromatic carbocycles. The monoisotopic (exact) mass is 376 g/mol. The Kier molecular flexibility index (Phi) is 6.06. The van der Waals surface area contributed by atoms with Crippen LogP contribution in [0.4, 0.5) is 5.69 Å². The number of amides is 1. The van der Waals surface area contributed by atoms with Gasteiger partial charge in [-0.25, -0.2) is 4.68 Å². The molecule has 0 aliphatic rings. The van der Waals surface area contributed by atoms with Gasteiger partial charge >= 0.3 is 0 Å². The number of ketones is 1. The third-order valence-corrected chi connectivity index (χ3v) is 4.17. The molecule has 0 spiro atoms. The number of nitrogens with zero attached hydrogens (tertiary/aromatic N) is 3. The summed E-state index contributed by atoms with van der Waals surface area (Å²) in [6.07, 6.45) is 4.08.